The predicted molar refractivity (Wildman–Crippen MR) is 40.9 cm³/mol. The lowest BCUT2D eigenvalue weighted by molar-refractivity contribution is -0.202. The van der Waals surface area contributed by atoms with Crippen LogP contribution in [0.15, 0.2) is 0 Å². The molecule has 2 rings (SSSR count). The highest BCUT2D eigenvalue weighted by molar-refractivity contribution is 5.81. The highest BCUT2D eigenvalue weighted by Gasteiger charge is 2.65. The molecule has 0 aromatic carbocycles. The molecule has 1 aliphatic heterocycles. The van der Waals surface area contributed by atoms with Gasteiger partial charge in [0.15, 0.2) is 0 Å². The van der Waals surface area contributed by atoms with Crippen molar-refractivity contribution in [3.8, 4) is 12.1 Å². The Balaban J connectivity index is 2.32. The van der Waals surface area contributed by atoms with E-state index in [-0.39, 0.29) is 11.9 Å². The zero-order valence-electron chi connectivity index (χ0n) is 7.20. The summed E-state index contributed by atoms with van der Waals surface area (Å²) >= 11 is 0. The standard InChI is InChI=1S/C9H8N2O2/c1-8-3-9(4-10,5-11)2-6(8)7(12)13-8/h6H,2-3H2,1H3/t6-,8-/m1/s1. The van der Waals surface area contributed by atoms with Gasteiger partial charge in [-0.05, 0) is 13.3 Å². The fourth-order valence-corrected chi connectivity index (χ4v) is 2.24. The first-order valence-electron chi connectivity index (χ1n) is 4.11. The molecule has 0 aromatic heterocycles. The molecule has 2 fully saturated rings. The largest absolute Gasteiger partial charge is 0.458 e. The van der Waals surface area contributed by atoms with Crippen molar-refractivity contribution in [3.05, 3.63) is 0 Å². The summed E-state index contributed by atoms with van der Waals surface area (Å²) in [7, 11) is 0. The first-order valence-corrected chi connectivity index (χ1v) is 4.11. The van der Waals surface area contributed by atoms with Crippen molar-refractivity contribution in [2.45, 2.75) is 25.4 Å². The van der Waals surface area contributed by atoms with Crippen LogP contribution in [0.3, 0.4) is 0 Å². The molecule has 0 amide bonds. The number of ether oxygens (including phenoxy) is 1. The Morgan fingerprint density at radius 3 is 2.54 bits per heavy atom. The Hall–Kier alpha value is -1.55. The maximum absolute atomic E-state index is 11.0. The van der Waals surface area contributed by atoms with Crippen LogP contribution in [0.25, 0.3) is 0 Å². The van der Waals surface area contributed by atoms with E-state index in [2.05, 4.69) is 0 Å². The van der Waals surface area contributed by atoms with Crippen LogP contribution < -0.4 is 0 Å². The van der Waals surface area contributed by atoms with Gasteiger partial charge in [-0.15, -0.1) is 0 Å². The van der Waals surface area contributed by atoms with Gasteiger partial charge in [0.05, 0.1) is 18.1 Å². The molecule has 13 heavy (non-hydrogen) atoms. The second-order valence-electron chi connectivity index (χ2n) is 3.97. The van der Waals surface area contributed by atoms with Crippen molar-refractivity contribution in [1.82, 2.24) is 0 Å². The summed E-state index contributed by atoms with van der Waals surface area (Å²) in [6.45, 7) is 1.79. The van der Waals surface area contributed by atoms with Crippen molar-refractivity contribution in [2.75, 3.05) is 0 Å². The number of hydrogen-bond acceptors (Lipinski definition) is 4. The molecule has 0 N–H and O–H groups in total. The molecule has 2 atom stereocenters. The van der Waals surface area contributed by atoms with Crippen molar-refractivity contribution in [2.24, 2.45) is 11.3 Å². The van der Waals surface area contributed by atoms with E-state index < -0.39 is 11.0 Å². The van der Waals surface area contributed by atoms with Gasteiger partial charge in [-0.2, -0.15) is 10.5 Å². The van der Waals surface area contributed by atoms with Crippen LogP contribution in [-0.2, 0) is 9.53 Å². The average Bonchev–Trinajstić information content (AvgIpc) is 2.35. The zero-order chi connectivity index (χ0) is 9.69. The van der Waals surface area contributed by atoms with Crippen LogP contribution in [0.1, 0.15) is 19.8 Å². The summed E-state index contributed by atoms with van der Waals surface area (Å²) in [5.74, 6) is -0.512. The van der Waals surface area contributed by atoms with Gasteiger partial charge in [0.2, 0.25) is 0 Å². The molecular weight excluding hydrogens is 168 g/mol. The second-order valence-corrected chi connectivity index (χ2v) is 3.97. The molecule has 1 heterocycles. The van der Waals surface area contributed by atoms with Crippen LogP contribution in [-0.4, -0.2) is 11.6 Å². The number of nitrogens with zero attached hydrogens (tertiary/aromatic N) is 2. The molecule has 4 heteroatoms. The number of hydrogen-bond donors (Lipinski definition) is 0. The minimum absolute atomic E-state index is 0.244. The summed E-state index contributed by atoms with van der Waals surface area (Å²) in [5.41, 5.74) is -1.56. The van der Waals surface area contributed by atoms with Crippen molar-refractivity contribution in [1.29, 1.82) is 10.5 Å². The van der Waals surface area contributed by atoms with Gasteiger partial charge in [-0.1, -0.05) is 0 Å². The summed E-state index contributed by atoms with van der Waals surface area (Å²) in [6, 6.07) is 3.96. The third-order valence-electron chi connectivity index (χ3n) is 2.99. The number of carbonyl (C=O) groups is 1. The van der Waals surface area contributed by atoms with Gasteiger partial charge < -0.3 is 4.74 Å². The monoisotopic (exact) mass is 176 g/mol. The Labute approximate surface area is 75.7 Å². The molecule has 1 aliphatic carbocycles. The van der Waals surface area contributed by atoms with Gasteiger partial charge in [0, 0.05) is 6.42 Å². The molecule has 0 unspecified atom stereocenters. The summed E-state index contributed by atoms with van der Waals surface area (Å²) in [4.78, 5) is 11.0. The number of rotatable bonds is 0. The van der Waals surface area contributed by atoms with Crippen LogP contribution in [0.2, 0.25) is 0 Å². The van der Waals surface area contributed by atoms with Gasteiger partial charge >= 0.3 is 5.97 Å². The van der Waals surface area contributed by atoms with E-state index in [4.69, 9.17) is 15.3 Å². The minimum atomic E-state index is -1.01. The molecule has 4 nitrogen and oxygen atoms in total. The molecule has 0 aromatic rings. The van der Waals surface area contributed by atoms with Gasteiger partial charge in [-0.25, -0.2) is 0 Å². The Morgan fingerprint density at radius 2 is 2.15 bits per heavy atom. The molecule has 66 valence electrons. The van der Waals surface area contributed by atoms with Crippen molar-refractivity contribution >= 4 is 5.97 Å². The average molecular weight is 176 g/mol. The van der Waals surface area contributed by atoms with E-state index in [1.807, 2.05) is 12.1 Å². The van der Waals surface area contributed by atoms with Crippen LogP contribution in [0.5, 0.6) is 0 Å². The van der Waals surface area contributed by atoms with E-state index in [0.29, 0.717) is 12.8 Å². The lowest BCUT2D eigenvalue weighted by Gasteiger charge is -2.39. The SMILES string of the molecule is C[C@@]12CC(C#N)(C#N)C[C@@H]1C(=O)O2. The zero-order valence-corrected chi connectivity index (χ0v) is 7.20. The molecule has 2 aliphatic rings. The van der Waals surface area contributed by atoms with Gasteiger partial charge in [0.1, 0.15) is 11.0 Å². The third kappa shape index (κ3) is 0.805. The fraction of sp³-hybridized carbons (Fsp3) is 0.667. The first-order chi connectivity index (χ1) is 6.05. The number of carbonyl (C=O) groups excluding carboxylic acids is 1. The van der Waals surface area contributed by atoms with Crippen LogP contribution >= 0.6 is 0 Å². The summed E-state index contributed by atoms with van der Waals surface area (Å²) < 4.78 is 4.97. The predicted octanol–water partition coefficient (Wildman–Crippen LogP) is 0.745. The molecule has 0 radical (unpaired) electrons. The van der Waals surface area contributed by atoms with Gasteiger partial charge in [0.25, 0.3) is 0 Å². The van der Waals surface area contributed by atoms with Crippen molar-refractivity contribution in [3.63, 3.8) is 0 Å². The van der Waals surface area contributed by atoms with E-state index in [1.54, 1.807) is 6.92 Å². The highest BCUT2D eigenvalue weighted by atomic mass is 16.6. The maximum Gasteiger partial charge on any atom is 0.313 e. The number of fused-ring (bicyclic) bond motifs is 1. The highest BCUT2D eigenvalue weighted by Crippen LogP contribution is 2.55. The van der Waals surface area contributed by atoms with E-state index in [1.165, 1.54) is 0 Å². The normalized spacial score (nSPS) is 39.3. The number of nitriles is 2. The van der Waals surface area contributed by atoms with E-state index >= 15 is 0 Å². The molecule has 0 spiro atoms. The van der Waals surface area contributed by atoms with E-state index in [9.17, 15) is 4.79 Å². The minimum Gasteiger partial charge on any atom is -0.458 e. The number of esters is 1. The van der Waals surface area contributed by atoms with Crippen LogP contribution in [0, 0.1) is 34.0 Å². The quantitative estimate of drug-likeness (QED) is 0.510. The summed E-state index contributed by atoms with van der Waals surface area (Å²) in [6.07, 6.45) is 0.679. The third-order valence-corrected chi connectivity index (χ3v) is 2.99. The lowest BCUT2D eigenvalue weighted by atomic mass is 9.87. The maximum atomic E-state index is 11.0. The Kier molecular flexibility index (Phi) is 1.26. The summed E-state index contributed by atoms with van der Waals surface area (Å²) in [5, 5.41) is 17.7. The van der Waals surface area contributed by atoms with E-state index in [0.717, 1.165) is 0 Å². The van der Waals surface area contributed by atoms with Gasteiger partial charge in [-0.3, -0.25) is 4.79 Å². The topological polar surface area (TPSA) is 73.9 Å². The second kappa shape index (κ2) is 2.03. The van der Waals surface area contributed by atoms with Crippen LogP contribution in [0.4, 0.5) is 0 Å². The lowest BCUT2D eigenvalue weighted by Crippen LogP contribution is -2.51. The molecule has 0 bridgehead atoms. The Bertz CT molecular complexity index is 349. The van der Waals surface area contributed by atoms with Crippen molar-refractivity contribution < 1.29 is 9.53 Å². The smallest absolute Gasteiger partial charge is 0.313 e. The first kappa shape index (κ1) is 8.07. The fourth-order valence-electron chi connectivity index (χ4n) is 2.24. The molecule has 1 saturated carbocycles. The molecular formula is C9H8N2O2. The Morgan fingerprint density at radius 1 is 1.54 bits per heavy atom. The molecule has 1 saturated heterocycles.